The Balaban J connectivity index is 3.75. The summed E-state index contributed by atoms with van der Waals surface area (Å²) in [6.45, 7) is 5.53. The molecule has 56 valence electrons. The molecule has 3 nitrogen and oxygen atoms in total. The van der Waals surface area contributed by atoms with E-state index in [0.717, 1.165) is 0 Å². The first-order valence-corrected chi connectivity index (χ1v) is 4.93. The molecule has 0 aliphatic rings. The van der Waals surface area contributed by atoms with Crippen LogP contribution in [0.2, 0.25) is 6.04 Å². The molecule has 0 fully saturated rings. The second kappa shape index (κ2) is 2.38. The number of hydrogen-bond donors (Lipinski definition) is 3. The fourth-order valence-electron chi connectivity index (χ4n) is 0.712. The van der Waals surface area contributed by atoms with E-state index in [1.54, 1.807) is 0 Å². The van der Waals surface area contributed by atoms with Crippen LogP contribution in [0, 0.1) is 5.41 Å². The SMILES string of the molecule is CC(C)(C)C[Si](O)(O)O. The summed E-state index contributed by atoms with van der Waals surface area (Å²) >= 11 is 0. The highest BCUT2D eigenvalue weighted by Gasteiger charge is 2.33. The topological polar surface area (TPSA) is 60.7 Å². The van der Waals surface area contributed by atoms with Gasteiger partial charge >= 0.3 is 8.80 Å². The van der Waals surface area contributed by atoms with Crippen molar-refractivity contribution >= 4 is 8.80 Å². The van der Waals surface area contributed by atoms with Crippen LogP contribution in [0.25, 0.3) is 0 Å². The van der Waals surface area contributed by atoms with Gasteiger partial charge in [-0.05, 0) is 5.41 Å². The minimum Gasteiger partial charge on any atom is -0.390 e. The van der Waals surface area contributed by atoms with Crippen LogP contribution in [0.3, 0.4) is 0 Å². The summed E-state index contributed by atoms with van der Waals surface area (Å²) in [4.78, 5) is 25.8. The van der Waals surface area contributed by atoms with E-state index in [2.05, 4.69) is 0 Å². The Hall–Kier alpha value is 0.0969. The third-order valence-corrected chi connectivity index (χ3v) is 2.30. The van der Waals surface area contributed by atoms with Gasteiger partial charge in [-0.25, -0.2) is 0 Å². The molecule has 0 bridgehead atoms. The number of hydrogen-bond acceptors (Lipinski definition) is 3. The Bertz CT molecular complexity index is 77.4. The standard InChI is InChI=1S/C5H14O3Si/c1-5(2,3)4-9(6,7)8/h6-8H,4H2,1-3H3. The molecule has 3 N–H and O–H groups in total. The molecule has 0 heterocycles. The summed E-state index contributed by atoms with van der Waals surface area (Å²) < 4.78 is 0. The first kappa shape index (κ1) is 9.10. The van der Waals surface area contributed by atoms with E-state index in [1.165, 1.54) is 0 Å². The van der Waals surface area contributed by atoms with Crippen LogP contribution in [-0.2, 0) is 0 Å². The predicted molar refractivity (Wildman–Crippen MR) is 36.7 cm³/mol. The minimum atomic E-state index is -3.79. The molecule has 0 amide bonds. The monoisotopic (exact) mass is 150 g/mol. The van der Waals surface area contributed by atoms with Gasteiger partial charge in [-0.2, -0.15) is 0 Å². The average molecular weight is 150 g/mol. The van der Waals surface area contributed by atoms with Crippen molar-refractivity contribution in [2.45, 2.75) is 26.8 Å². The van der Waals surface area contributed by atoms with Gasteiger partial charge in [0.2, 0.25) is 0 Å². The van der Waals surface area contributed by atoms with Crippen molar-refractivity contribution in [2.24, 2.45) is 5.41 Å². The summed E-state index contributed by atoms with van der Waals surface area (Å²) in [5.41, 5.74) is -0.204. The van der Waals surface area contributed by atoms with E-state index in [0.29, 0.717) is 0 Å². The van der Waals surface area contributed by atoms with Crippen LogP contribution >= 0.6 is 0 Å². The lowest BCUT2D eigenvalue weighted by atomic mass is 10.0. The maximum Gasteiger partial charge on any atom is 0.493 e. The fraction of sp³-hybridized carbons (Fsp3) is 1.00. The molecule has 9 heavy (non-hydrogen) atoms. The van der Waals surface area contributed by atoms with Crippen molar-refractivity contribution in [1.82, 2.24) is 0 Å². The van der Waals surface area contributed by atoms with Crippen LogP contribution in [0.4, 0.5) is 0 Å². The molecular weight excluding hydrogens is 136 g/mol. The van der Waals surface area contributed by atoms with Gasteiger partial charge in [-0.3, -0.25) is 0 Å². The normalized spacial score (nSPS) is 14.0. The van der Waals surface area contributed by atoms with Crippen LogP contribution in [0.5, 0.6) is 0 Å². The van der Waals surface area contributed by atoms with Gasteiger partial charge in [-0.15, -0.1) is 0 Å². The minimum absolute atomic E-state index is 0.0972. The maximum absolute atomic E-state index is 8.60. The Labute approximate surface area is 56.3 Å². The summed E-state index contributed by atoms with van der Waals surface area (Å²) in [5.74, 6) is 0. The van der Waals surface area contributed by atoms with Crippen LogP contribution in [0.1, 0.15) is 20.8 Å². The second-order valence-electron chi connectivity index (χ2n) is 3.51. The molecule has 0 saturated carbocycles. The average Bonchev–Trinajstić information content (AvgIpc) is 1.14. The van der Waals surface area contributed by atoms with E-state index in [4.69, 9.17) is 14.4 Å². The molecule has 0 aliphatic carbocycles. The van der Waals surface area contributed by atoms with E-state index >= 15 is 0 Å². The van der Waals surface area contributed by atoms with E-state index in [9.17, 15) is 0 Å². The van der Waals surface area contributed by atoms with Gasteiger partial charge in [0.05, 0.1) is 0 Å². The van der Waals surface area contributed by atoms with Crippen molar-refractivity contribution in [2.75, 3.05) is 0 Å². The summed E-state index contributed by atoms with van der Waals surface area (Å²) in [6.07, 6.45) is 0. The first-order chi connectivity index (χ1) is 3.71. The zero-order chi connectivity index (χ0) is 7.71. The zero-order valence-electron chi connectivity index (χ0n) is 6.05. The zero-order valence-corrected chi connectivity index (χ0v) is 7.05. The fourth-order valence-corrected chi connectivity index (χ4v) is 2.13. The Morgan fingerprint density at radius 3 is 1.44 bits per heavy atom. The van der Waals surface area contributed by atoms with Gasteiger partial charge in [0.15, 0.2) is 0 Å². The molecule has 0 aliphatic heterocycles. The third kappa shape index (κ3) is 8.10. The molecule has 0 aromatic carbocycles. The van der Waals surface area contributed by atoms with Crippen molar-refractivity contribution < 1.29 is 14.4 Å². The smallest absolute Gasteiger partial charge is 0.390 e. The van der Waals surface area contributed by atoms with Crippen molar-refractivity contribution in [1.29, 1.82) is 0 Å². The highest BCUT2D eigenvalue weighted by molar-refractivity contribution is 6.56. The van der Waals surface area contributed by atoms with Crippen LogP contribution in [-0.4, -0.2) is 23.2 Å². The number of rotatable bonds is 1. The molecule has 4 heteroatoms. The maximum atomic E-state index is 8.60. The van der Waals surface area contributed by atoms with Gasteiger partial charge < -0.3 is 14.4 Å². The van der Waals surface area contributed by atoms with Crippen molar-refractivity contribution in [3.8, 4) is 0 Å². The summed E-state index contributed by atoms with van der Waals surface area (Å²) in [5, 5.41) is 0. The quantitative estimate of drug-likeness (QED) is 0.459. The molecule has 0 unspecified atom stereocenters. The Kier molecular flexibility index (Phi) is 2.40. The van der Waals surface area contributed by atoms with Crippen LogP contribution < -0.4 is 0 Å². The Morgan fingerprint density at radius 1 is 1.11 bits per heavy atom. The first-order valence-electron chi connectivity index (χ1n) is 2.88. The summed E-state index contributed by atoms with van der Waals surface area (Å²) in [6, 6.07) is 0.0972. The van der Waals surface area contributed by atoms with Gasteiger partial charge in [0.25, 0.3) is 0 Å². The molecule has 0 spiro atoms. The third-order valence-electron chi connectivity index (χ3n) is 0.768. The molecule has 0 aromatic heterocycles. The van der Waals surface area contributed by atoms with Crippen molar-refractivity contribution in [3.05, 3.63) is 0 Å². The van der Waals surface area contributed by atoms with Gasteiger partial charge in [-0.1, -0.05) is 20.8 Å². The van der Waals surface area contributed by atoms with Gasteiger partial charge in [0.1, 0.15) is 0 Å². The molecular formula is C5H14O3Si. The molecule has 0 aromatic rings. The van der Waals surface area contributed by atoms with E-state index in [-0.39, 0.29) is 11.5 Å². The second-order valence-corrected chi connectivity index (χ2v) is 5.41. The summed E-state index contributed by atoms with van der Waals surface area (Å²) in [7, 11) is -3.79. The molecule has 0 rings (SSSR count). The lowest BCUT2D eigenvalue weighted by Crippen LogP contribution is -2.38. The molecule has 0 radical (unpaired) electrons. The highest BCUT2D eigenvalue weighted by Crippen LogP contribution is 2.22. The largest absolute Gasteiger partial charge is 0.493 e. The predicted octanol–water partition coefficient (Wildman–Crippen LogP) is -0.0517. The van der Waals surface area contributed by atoms with E-state index < -0.39 is 8.80 Å². The molecule has 0 atom stereocenters. The Morgan fingerprint density at radius 2 is 1.44 bits per heavy atom. The lowest BCUT2D eigenvalue weighted by molar-refractivity contribution is 0.206. The van der Waals surface area contributed by atoms with Crippen LogP contribution in [0.15, 0.2) is 0 Å². The molecule has 0 saturated heterocycles. The lowest BCUT2D eigenvalue weighted by Gasteiger charge is -2.21. The van der Waals surface area contributed by atoms with Crippen molar-refractivity contribution in [3.63, 3.8) is 0 Å². The van der Waals surface area contributed by atoms with Gasteiger partial charge in [0, 0.05) is 6.04 Å². The van der Waals surface area contributed by atoms with E-state index in [1.807, 2.05) is 20.8 Å². The highest BCUT2D eigenvalue weighted by atomic mass is 28.4.